The van der Waals surface area contributed by atoms with Gasteiger partial charge in [-0.15, -0.1) is 0 Å². The largest absolute Gasteiger partial charge is 0.493 e. The van der Waals surface area contributed by atoms with Gasteiger partial charge in [0.1, 0.15) is 11.3 Å². The Hall–Kier alpha value is -1.09. The van der Waals surface area contributed by atoms with Gasteiger partial charge in [0.05, 0.1) is 23.8 Å². The third-order valence-corrected chi connectivity index (χ3v) is 1.99. The van der Waals surface area contributed by atoms with E-state index in [0.29, 0.717) is 10.8 Å². The average molecular weight is 199 g/mol. The van der Waals surface area contributed by atoms with Crippen molar-refractivity contribution in [3.63, 3.8) is 0 Å². The minimum atomic E-state index is -0.138. The molecule has 3 nitrogen and oxygen atoms in total. The fraction of sp³-hybridized carbons (Fsp3) is 0.333. The molecule has 0 aliphatic carbocycles. The number of hydrogen-bond acceptors (Lipinski definition) is 3. The van der Waals surface area contributed by atoms with Crippen LogP contribution in [-0.4, -0.2) is 9.97 Å². The summed E-state index contributed by atoms with van der Waals surface area (Å²) >= 11 is 5.73. The van der Waals surface area contributed by atoms with E-state index in [4.69, 9.17) is 16.3 Å². The van der Waals surface area contributed by atoms with Crippen LogP contribution < -0.4 is 0 Å². The first-order chi connectivity index (χ1) is 6.15. The number of aryl methyl sites for hydroxylation is 1. The zero-order valence-corrected chi connectivity index (χ0v) is 8.38. The molecule has 70 valence electrons. The highest BCUT2D eigenvalue weighted by molar-refractivity contribution is 6.29. The molecule has 0 saturated carbocycles. The molecule has 1 heterocycles. The smallest absolute Gasteiger partial charge is 0.150 e. The van der Waals surface area contributed by atoms with Crippen LogP contribution in [0.15, 0.2) is 19.0 Å². The van der Waals surface area contributed by atoms with Crippen LogP contribution in [0.2, 0.25) is 5.15 Å². The summed E-state index contributed by atoms with van der Waals surface area (Å²) in [5, 5.41) is 0.426. The van der Waals surface area contributed by atoms with E-state index >= 15 is 0 Å². The molecule has 0 fully saturated rings. The third kappa shape index (κ3) is 2.42. The number of rotatable bonds is 3. The van der Waals surface area contributed by atoms with E-state index in [-0.39, 0.29) is 6.10 Å². The van der Waals surface area contributed by atoms with Crippen molar-refractivity contribution in [1.29, 1.82) is 0 Å². The number of nitrogens with zero attached hydrogens (tertiary/aromatic N) is 2. The van der Waals surface area contributed by atoms with Crippen molar-refractivity contribution in [3.05, 3.63) is 35.6 Å². The molecule has 4 heteroatoms. The van der Waals surface area contributed by atoms with E-state index in [1.165, 1.54) is 6.26 Å². The summed E-state index contributed by atoms with van der Waals surface area (Å²) in [6.45, 7) is 7.15. The fourth-order valence-electron chi connectivity index (χ4n) is 0.895. The zero-order valence-electron chi connectivity index (χ0n) is 7.62. The Morgan fingerprint density at radius 3 is 2.92 bits per heavy atom. The molecular formula is C9H11ClN2O. The monoisotopic (exact) mass is 198 g/mol. The molecule has 1 aromatic heterocycles. The highest BCUT2D eigenvalue weighted by atomic mass is 35.5. The summed E-state index contributed by atoms with van der Waals surface area (Å²) in [5.41, 5.74) is 1.46. The maximum absolute atomic E-state index is 5.73. The van der Waals surface area contributed by atoms with E-state index in [2.05, 4.69) is 16.5 Å². The predicted molar refractivity (Wildman–Crippen MR) is 51.5 cm³/mol. The van der Waals surface area contributed by atoms with Crippen LogP contribution in [0, 0.1) is 6.92 Å². The molecule has 13 heavy (non-hydrogen) atoms. The van der Waals surface area contributed by atoms with E-state index in [0.717, 1.165) is 5.69 Å². The maximum atomic E-state index is 5.73. The van der Waals surface area contributed by atoms with Gasteiger partial charge in [-0.25, -0.2) is 9.97 Å². The Balaban J connectivity index is 2.89. The van der Waals surface area contributed by atoms with Gasteiger partial charge in [0.15, 0.2) is 0 Å². The molecule has 1 aromatic rings. The second kappa shape index (κ2) is 4.23. The second-order valence-corrected chi connectivity index (χ2v) is 2.97. The van der Waals surface area contributed by atoms with E-state index in [1.54, 1.807) is 13.1 Å². The number of hydrogen-bond donors (Lipinski definition) is 0. The minimum Gasteiger partial charge on any atom is -0.493 e. The Labute approximate surface area is 82.4 Å². The molecule has 1 atom stereocenters. The molecule has 0 amide bonds. The molecule has 0 spiro atoms. The minimum absolute atomic E-state index is 0.138. The van der Waals surface area contributed by atoms with Gasteiger partial charge in [-0.05, 0) is 13.8 Å². The van der Waals surface area contributed by atoms with Gasteiger partial charge in [0, 0.05) is 0 Å². The van der Waals surface area contributed by atoms with E-state index < -0.39 is 0 Å². The van der Waals surface area contributed by atoms with Crippen LogP contribution in [0.1, 0.15) is 24.4 Å². The van der Waals surface area contributed by atoms with Crippen molar-refractivity contribution >= 4 is 11.6 Å². The summed E-state index contributed by atoms with van der Waals surface area (Å²) in [6, 6.07) is 0. The summed E-state index contributed by atoms with van der Waals surface area (Å²) in [5.74, 6) is 0. The Morgan fingerprint density at radius 1 is 1.69 bits per heavy atom. The summed E-state index contributed by atoms with van der Waals surface area (Å²) in [6.07, 6.45) is 2.85. The third-order valence-electron chi connectivity index (χ3n) is 1.62. The fourth-order valence-corrected chi connectivity index (χ4v) is 0.986. The zero-order chi connectivity index (χ0) is 9.84. The predicted octanol–water partition coefficient (Wildman–Crippen LogP) is 2.66. The first kappa shape index (κ1) is 9.99. The van der Waals surface area contributed by atoms with Crippen LogP contribution in [-0.2, 0) is 4.74 Å². The standard InChI is InChI=1S/C9H11ClN2O/c1-4-13-7(3)8-5-11-9(10)6(2)12-8/h4-5,7H,1H2,2-3H3. The molecule has 0 bridgehead atoms. The summed E-state index contributed by atoms with van der Waals surface area (Å²) in [4.78, 5) is 8.19. The molecule has 0 radical (unpaired) electrons. The molecule has 0 N–H and O–H groups in total. The van der Waals surface area contributed by atoms with Gasteiger partial charge in [-0.1, -0.05) is 18.2 Å². The van der Waals surface area contributed by atoms with Crippen molar-refractivity contribution < 1.29 is 4.74 Å². The first-order valence-electron chi connectivity index (χ1n) is 3.90. The van der Waals surface area contributed by atoms with Crippen LogP contribution in [0.25, 0.3) is 0 Å². The van der Waals surface area contributed by atoms with Gasteiger partial charge < -0.3 is 4.74 Å². The van der Waals surface area contributed by atoms with Crippen LogP contribution in [0.5, 0.6) is 0 Å². The molecule has 0 aromatic carbocycles. The Bertz CT molecular complexity index is 314. The SMILES string of the molecule is C=COC(C)c1cnc(Cl)c(C)n1. The lowest BCUT2D eigenvalue weighted by molar-refractivity contribution is 0.160. The number of halogens is 1. The van der Waals surface area contributed by atoms with Crippen LogP contribution in [0.4, 0.5) is 0 Å². The van der Waals surface area contributed by atoms with E-state index in [9.17, 15) is 0 Å². The van der Waals surface area contributed by atoms with E-state index in [1.807, 2.05) is 6.92 Å². The molecule has 1 rings (SSSR count). The van der Waals surface area contributed by atoms with Crippen molar-refractivity contribution in [2.75, 3.05) is 0 Å². The molecular weight excluding hydrogens is 188 g/mol. The topological polar surface area (TPSA) is 35.0 Å². The average Bonchev–Trinajstić information content (AvgIpc) is 2.10. The molecule has 0 aliphatic rings. The normalized spacial score (nSPS) is 12.2. The van der Waals surface area contributed by atoms with Gasteiger partial charge in [0.2, 0.25) is 0 Å². The quantitative estimate of drug-likeness (QED) is 0.701. The molecule has 0 saturated heterocycles. The lowest BCUT2D eigenvalue weighted by Crippen LogP contribution is -2.01. The highest BCUT2D eigenvalue weighted by Gasteiger charge is 2.08. The van der Waals surface area contributed by atoms with Gasteiger partial charge in [-0.2, -0.15) is 0 Å². The number of ether oxygens (including phenoxy) is 1. The van der Waals surface area contributed by atoms with Gasteiger partial charge in [-0.3, -0.25) is 0 Å². The lowest BCUT2D eigenvalue weighted by atomic mass is 10.3. The highest BCUT2D eigenvalue weighted by Crippen LogP contribution is 2.16. The lowest BCUT2D eigenvalue weighted by Gasteiger charge is -2.10. The first-order valence-corrected chi connectivity index (χ1v) is 4.28. The molecule has 1 unspecified atom stereocenters. The van der Waals surface area contributed by atoms with Gasteiger partial charge >= 0.3 is 0 Å². The van der Waals surface area contributed by atoms with Crippen molar-refractivity contribution in [3.8, 4) is 0 Å². The van der Waals surface area contributed by atoms with Crippen molar-refractivity contribution in [2.24, 2.45) is 0 Å². The maximum Gasteiger partial charge on any atom is 0.150 e. The van der Waals surface area contributed by atoms with Crippen LogP contribution >= 0.6 is 11.6 Å². The number of aromatic nitrogens is 2. The summed E-state index contributed by atoms with van der Waals surface area (Å²) in [7, 11) is 0. The Kier molecular flexibility index (Phi) is 3.25. The van der Waals surface area contributed by atoms with Crippen LogP contribution in [0.3, 0.4) is 0 Å². The Morgan fingerprint density at radius 2 is 2.38 bits per heavy atom. The van der Waals surface area contributed by atoms with Crippen molar-refractivity contribution in [2.45, 2.75) is 20.0 Å². The molecule has 0 aliphatic heterocycles. The summed E-state index contributed by atoms with van der Waals surface area (Å²) < 4.78 is 5.14. The van der Waals surface area contributed by atoms with Crippen molar-refractivity contribution in [1.82, 2.24) is 9.97 Å². The second-order valence-electron chi connectivity index (χ2n) is 2.62. The van der Waals surface area contributed by atoms with Gasteiger partial charge in [0.25, 0.3) is 0 Å².